The van der Waals surface area contributed by atoms with Crippen LogP contribution in [-0.2, 0) is 0 Å². The van der Waals surface area contributed by atoms with E-state index in [2.05, 4.69) is 174 Å². The van der Waals surface area contributed by atoms with Crippen LogP contribution in [0.2, 0.25) is 0 Å². The number of benzene rings is 9. The van der Waals surface area contributed by atoms with E-state index in [-0.39, 0.29) is 0 Å². The summed E-state index contributed by atoms with van der Waals surface area (Å²) in [4.78, 5) is 10.4. The van der Waals surface area contributed by atoms with E-state index in [0.717, 1.165) is 44.5 Å². The zero-order valence-corrected chi connectivity index (χ0v) is 28.7. The maximum atomic E-state index is 5.25. The first-order chi connectivity index (χ1) is 26.3. The van der Waals surface area contributed by atoms with Gasteiger partial charge in [0.05, 0.1) is 28.1 Å². The summed E-state index contributed by atoms with van der Waals surface area (Å²) in [6.45, 7) is 0. The lowest BCUT2D eigenvalue weighted by atomic mass is 9.98. The van der Waals surface area contributed by atoms with Crippen LogP contribution in [0.25, 0.3) is 104 Å². The van der Waals surface area contributed by atoms with Crippen LogP contribution < -0.4 is 0 Å². The largest absolute Gasteiger partial charge is 0.309 e. The Hall–Kier alpha value is -7.10. The minimum Gasteiger partial charge on any atom is -0.309 e. The molecule has 53 heavy (non-hydrogen) atoms. The Morgan fingerprint density at radius 3 is 1.64 bits per heavy atom. The van der Waals surface area contributed by atoms with E-state index in [0.29, 0.717) is 5.82 Å². The van der Waals surface area contributed by atoms with Gasteiger partial charge in [-0.3, -0.25) is 0 Å². The van der Waals surface area contributed by atoms with Crippen molar-refractivity contribution in [3.8, 4) is 39.6 Å². The van der Waals surface area contributed by atoms with Gasteiger partial charge in [0, 0.05) is 32.8 Å². The van der Waals surface area contributed by atoms with Crippen LogP contribution in [0.5, 0.6) is 0 Å². The first kappa shape index (κ1) is 29.6. The fourth-order valence-electron chi connectivity index (χ4n) is 8.32. The summed E-state index contributed by atoms with van der Waals surface area (Å²) in [5.41, 5.74) is 8.44. The lowest BCUT2D eigenvalue weighted by molar-refractivity contribution is 1.18. The van der Waals surface area contributed by atoms with Gasteiger partial charge in [-0.15, -0.1) is 0 Å². The number of hydrogen-bond acceptors (Lipinski definition) is 2. The van der Waals surface area contributed by atoms with Crippen LogP contribution in [0.15, 0.2) is 188 Å². The van der Waals surface area contributed by atoms with Crippen LogP contribution in [0.1, 0.15) is 0 Å². The number of nitrogens with zero attached hydrogens (tertiary/aromatic N) is 3. The van der Waals surface area contributed by atoms with Crippen molar-refractivity contribution in [2.24, 2.45) is 0 Å². The molecule has 0 N–H and O–H groups in total. The summed E-state index contributed by atoms with van der Waals surface area (Å²) >= 11 is 0. The topological polar surface area (TPSA) is 30.7 Å². The lowest BCUT2D eigenvalue weighted by Gasteiger charge is -2.15. The predicted molar refractivity (Wildman–Crippen MR) is 223 cm³/mol. The van der Waals surface area contributed by atoms with E-state index in [1.165, 1.54) is 54.1 Å². The van der Waals surface area contributed by atoms with E-state index in [4.69, 9.17) is 9.97 Å². The van der Waals surface area contributed by atoms with E-state index in [9.17, 15) is 0 Å². The van der Waals surface area contributed by atoms with E-state index in [1.807, 2.05) is 18.2 Å². The van der Waals surface area contributed by atoms with Crippen molar-refractivity contribution in [1.82, 2.24) is 14.5 Å². The van der Waals surface area contributed by atoms with Gasteiger partial charge >= 0.3 is 0 Å². The SMILES string of the molecule is c1ccc(-c2nc(-c3ccc4ccccc4c3)cc(-c3cccc4c(-n5c6ccc7ccccc7c6c6c7ccccc7ccc65)cccc34)n2)cc1. The van der Waals surface area contributed by atoms with E-state index >= 15 is 0 Å². The summed E-state index contributed by atoms with van der Waals surface area (Å²) in [7, 11) is 0. The Morgan fingerprint density at radius 1 is 0.340 bits per heavy atom. The zero-order valence-electron chi connectivity index (χ0n) is 28.7. The summed E-state index contributed by atoms with van der Waals surface area (Å²) in [6.07, 6.45) is 0. The molecule has 2 heterocycles. The molecule has 11 rings (SSSR count). The third kappa shape index (κ3) is 4.68. The second kappa shape index (κ2) is 11.7. The summed E-state index contributed by atoms with van der Waals surface area (Å²) in [5.74, 6) is 0.709. The molecule has 0 saturated heterocycles. The second-order valence-corrected chi connectivity index (χ2v) is 13.8. The molecule has 9 aromatic carbocycles. The Morgan fingerprint density at radius 2 is 0.906 bits per heavy atom. The molecular formula is C50H31N3. The van der Waals surface area contributed by atoms with Crippen molar-refractivity contribution in [2.75, 3.05) is 0 Å². The molecule has 0 aliphatic carbocycles. The average molecular weight is 674 g/mol. The minimum absolute atomic E-state index is 0.709. The van der Waals surface area contributed by atoms with Gasteiger partial charge in [-0.25, -0.2) is 9.97 Å². The third-order valence-corrected chi connectivity index (χ3v) is 10.8. The first-order valence-corrected chi connectivity index (χ1v) is 18.1. The van der Waals surface area contributed by atoms with E-state index < -0.39 is 0 Å². The van der Waals surface area contributed by atoms with Crippen molar-refractivity contribution in [3.05, 3.63) is 188 Å². The molecule has 0 radical (unpaired) electrons. The number of hydrogen-bond donors (Lipinski definition) is 0. The fourth-order valence-corrected chi connectivity index (χ4v) is 8.32. The van der Waals surface area contributed by atoms with Crippen LogP contribution in [-0.4, -0.2) is 14.5 Å². The molecule has 0 saturated carbocycles. The van der Waals surface area contributed by atoms with Crippen molar-refractivity contribution in [1.29, 1.82) is 0 Å². The summed E-state index contributed by atoms with van der Waals surface area (Å²) < 4.78 is 2.46. The molecule has 3 heteroatoms. The van der Waals surface area contributed by atoms with Gasteiger partial charge in [0.25, 0.3) is 0 Å². The number of aromatic nitrogens is 3. The summed E-state index contributed by atoms with van der Waals surface area (Å²) in [6, 6.07) is 67.4. The molecule has 0 amide bonds. The Labute approximate surface area is 306 Å². The summed E-state index contributed by atoms with van der Waals surface area (Å²) in [5, 5.41) is 12.3. The molecule has 2 aromatic heterocycles. The Bertz CT molecular complexity index is 3140. The number of fused-ring (bicyclic) bond motifs is 9. The van der Waals surface area contributed by atoms with Gasteiger partial charge in [0.2, 0.25) is 0 Å². The molecule has 246 valence electrons. The molecule has 11 aromatic rings. The van der Waals surface area contributed by atoms with Crippen molar-refractivity contribution >= 4 is 64.9 Å². The average Bonchev–Trinajstić information content (AvgIpc) is 3.58. The minimum atomic E-state index is 0.709. The smallest absolute Gasteiger partial charge is 0.160 e. The van der Waals surface area contributed by atoms with E-state index in [1.54, 1.807) is 0 Å². The molecule has 3 nitrogen and oxygen atoms in total. The molecular weight excluding hydrogens is 643 g/mol. The quantitative estimate of drug-likeness (QED) is 0.186. The highest BCUT2D eigenvalue weighted by atomic mass is 15.0. The highest BCUT2D eigenvalue weighted by Gasteiger charge is 2.20. The van der Waals surface area contributed by atoms with Gasteiger partial charge in [-0.05, 0) is 68.0 Å². The molecule has 0 spiro atoms. The van der Waals surface area contributed by atoms with Crippen LogP contribution in [0.4, 0.5) is 0 Å². The van der Waals surface area contributed by atoms with Gasteiger partial charge in [0.15, 0.2) is 5.82 Å². The van der Waals surface area contributed by atoms with Gasteiger partial charge in [-0.2, -0.15) is 0 Å². The Balaban J connectivity index is 1.18. The van der Waals surface area contributed by atoms with Gasteiger partial charge in [0.1, 0.15) is 0 Å². The first-order valence-electron chi connectivity index (χ1n) is 18.1. The van der Waals surface area contributed by atoms with Crippen LogP contribution in [0.3, 0.4) is 0 Å². The second-order valence-electron chi connectivity index (χ2n) is 13.8. The third-order valence-electron chi connectivity index (χ3n) is 10.8. The van der Waals surface area contributed by atoms with Crippen molar-refractivity contribution in [3.63, 3.8) is 0 Å². The van der Waals surface area contributed by atoms with Crippen molar-refractivity contribution in [2.45, 2.75) is 0 Å². The number of rotatable bonds is 4. The molecule has 0 atom stereocenters. The predicted octanol–water partition coefficient (Wildman–Crippen LogP) is 13.2. The lowest BCUT2D eigenvalue weighted by Crippen LogP contribution is -1.98. The fraction of sp³-hybridized carbons (Fsp3) is 0. The monoisotopic (exact) mass is 673 g/mol. The van der Waals surface area contributed by atoms with Crippen LogP contribution in [0, 0.1) is 0 Å². The maximum absolute atomic E-state index is 5.25. The highest BCUT2D eigenvalue weighted by molar-refractivity contribution is 6.28. The van der Waals surface area contributed by atoms with Crippen molar-refractivity contribution < 1.29 is 0 Å². The van der Waals surface area contributed by atoms with Crippen LogP contribution >= 0.6 is 0 Å². The molecule has 0 bridgehead atoms. The molecule has 0 unspecified atom stereocenters. The molecule has 0 fully saturated rings. The molecule has 0 aliphatic rings. The highest BCUT2D eigenvalue weighted by Crippen LogP contribution is 2.42. The van der Waals surface area contributed by atoms with Gasteiger partial charge < -0.3 is 4.57 Å². The molecule has 0 aliphatic heterocycles. The normalized spacial score (nSPS) is 11.8. The standard InChI is InChI=1S/C50H31N3/c1-2-15-35(16-3-1)50-51-43(37-25-24-32-12-4-5-17-36(32)30-37)31-44(52-50)41-21-10-22-42-40(41)20-11-23-45(42)53-46-28-26-33-13-6-8-18-38(33)48(46)49-39-19-9-7-14-34(39)27-29-47(49)53/h1-31H. The Kier molecular flexibility index (Phi) is 6.55. The van der Waals surface area contributed by atoms with Gasteiger partial charge in [-0.1, -0.05) is 158 Å². The maximum Gasteiger partial charge on any atom is 0.160 e. The zero-order chi connectivity index (χ0) is 34.9.